The summed E-state index contributed by atoms with van der Waals surface area (Å²) in [5, 5.41) is 35.5. The first-order chi connectivity index (χ1) is 6.15. The Kier molecular flexibility index (Phi) is 6.19. The highest BCUT2D eigenvalue weighted by Crippen LogP contribution is 2.17. The van der Waals surface area contributed by atoms with Crippen LogP contribution in [0.15, 0.2) is 0 Å². The molecule has 0 spiro atoms. The van der Waals surface area contributed by atoms with Gasteiger partial charge in [-0.25, -0.2) is 0 Å². The van der Waals surface area contributed by atoms with Crippen molar-refractivity contribution in [2.45, 2.75) is 44.9 Å². The van der Waals surface area contributed by atoms with Gasteiger partial charge in [-0.3, -0.25) is 0 Å². The van der Waals surface area contributed by atoms with Gasteiger partial charge in [0.25, 0.3) is 0 Å². The zero-order chi connectivity index (χ0) is 10.4. The third kappa shape index (κ3) is 3.58. The summed E-state index contributed by atoms with van der Waals surface area (Å²) in [4.78, 5) is 0. The van der Waals surface area contributed by atoms with Crippen LogP contribution >= 0.6 is 0 Å². The molecule has 1 fully saturated rings. The average Bonchev–Trinajstić information content (AvgIpc) is 2.16. The Morgan fingerprint density at radius 1 is 1.23 bits per heavy atom. The number of rotatable bonds is 1. The normalized spacial score (nSPS) is 39.2. The third-order valence-corrected chi connectivity index (χ3v) is 1.73. The highest BCUT2D eigenvalue weighted by molar-refractivity contribution is 4.79. The van der Waals surface area contributed by atoms with Crippen LogP contribution in [0.25, 0.3) is 0 Å². The van der Waals surface area contributed by atoms with E-state index in [0.717, 1.165) is 0 Å². The number of ether oxygens (including phenoxy) is 1. The van der Waals surface area contributed by atoms with E-state index >= 15 is 0 Å². The molecule has 1 aliphatic rings. The lowest BCUT2D eigenvalue weighted by molar-refractivity contribution is -0.251. The zero-order valence-corrected chi connectivity index (χ0v) is 7.92. The Labute approximate surface area is 77.6 Å². The van der Waals surface area contributed by atoms with E-state index < -0.39 is 24.6 Å². The van der Waals surface area contributed by atoms with Gasteiger partial charge in [0.1, 0.15) is 6.10 Å². The van der Waals surface area contributed by atoms with E-state index in [9.17, 15) is 0 Å². The van der Waals surface area contributed by atoms with Crippen molar-refractivity contribution < 1.29 is 25.2 Å². The standard InChI is InChI=1S/C6H12O5.C2H6/c7-2-3-1-4(8)5(9)6(10)11-3;1-2/h3-10H,1-2H2;1-2H3. The van der Waals surface area contributed by atoms with E-state index in [1.165, 1.54) is 0 Å². The van der Waals surface area contributed by atoms with Crippen molar-refractivity contribution in [3.05, 3.63) is 0 Å². The van der Waals surface area contributed by atoms with E-state index in [4.69, 9.17) is 25.2 Å². The molecule has 0 aromatic heterocycles. The van der Waals surface area contributed by atoms with Crippen molar-refractivity contribution in [1.29, 1.82) is 0 Å². The number of hydrogen-bond acceptors (Lipinski definition) is 5. The van der Waals surface area contributed by atoms with Crippen molar-refractivity contribution in [2.24, 2.45) is 0 Å². The minimum absolute atomic E-state index is 0.148. The van der Waals surface area contributed by atoms with Gasteiger partial charge in [-0.1, -0.05) is 13.8 Å². The molecule has 1 saturated heterocycles. The van der Waals surface area contributed by atoms with Crippen LogP contribution in [-0.4, -0.2) is 51.6 Å². The van der Waals surface area contributed by atoms with Crippen molar-refractivity contribution >= 4 is 0 Å². The van der Waals surface area contributed by atoms with Gasteiger partial charge in [0.15, 0.2) is 6.29 Å². The van der Waals surface area contributed by atoms with Gasteiger partial charge < -0.3 is 25.2 Å². The highest BCUT2D eigenvalue weighted by Gasteiger charge is 2.34. The van der Waals surface area contributed by atoms with Crippen LogP contribution in [0.1, 0.15) is 20.3 Å². The average molecular weight is 194 g/mol. The lowest BCUT2D eigenvalue weighted by atomic mass is 10.0. The Bertz CT molecular complexity index is 118. The largest absolute Gasteiger partial charge is 0.394 e. The first kappa shape index (κ1) is 12.8. The van der Waals surface area contributed by atoms with Crippen LogP contribution < -0.4 is 0 Å². The summed E-state index contributed by atoms with van der Waals surface area (Å²) in [7, 11) is 0. The second-order valence-corrected chi connectivity index (χ2v) is 2.62. The van der Waals surface area contributed by atoms with Crippen LogP contribution in [0, 0.1) is 0 Å². The fourth-order valence-electron chi connectivity index (χ4n) is 1.05. The van der Waals surface area contributed by atoms with Crippen molar-refractivity contribution in [1.82, 2.24) is 0 Å². The molecule has 1 heterocycles. The maximum atomic E-state index is 9.05. The SMILES string of the molecule is CC.OCC1CC(O)C(O)C(O)O1. The number of aliphatic hydroxyl groups is 4. The van der Waals surface area contributed by atoms with E-state index in [1.54, 1.807) is 0 Å². The Hall–Kier alpha value is -0.200. The minimum Gasteiger partial charge on any atom is -0.394 e. The van der Waals surface area contributed by atoms with E-state index in [1.807, 2.05) is 13.8 Å². The quantitative estimate of drug-likeness (QED) is 0.422. The molecule has 0 bridgehead atoms. The van der Waals surface area contributed by atoms with Gasteiger partial charge in [-0.15, -0.1) is 0 Å². The molecule has 4 unspecified atom stereocenters. The smallest absolute Gasteiger partial charge is 0.183 e. The topological polar surface area (TPSA) is 90.2 Å². The van der Waals surface area contributed by atoms with Gasteiger partial charge in [-0.05, 0) is 0 Å². The number of hydrogen-bond donors (Lipinski definition) is 4. The second-order valence-electron chi connectivity index (χ2n) is 2.62. The van der Waals surface area contributed by atoms with Crippen LogP contribution in [0.2, 0.25) is 0 Å². The molecule has 0 aromatic carbocycles. The van der Waals surface area contributed by atoms with Gasteiger partial charge in [0.05, 0.1) is 18.8 Å². The lowest BCUT2D eigenvalue weighted by Crippen LogP contribution is -2.49. The van der Waals surface area contributed by atoms with Crippen molar-refractivity contribution in [2.75, 3.05) is 6.61 Å². The van der Waals surface area contributed by atoms with Crippen molar-refractivity contribution in [3.8, 4) is 0 Å². The first-order valence-corrected chi connectivity index (χ1v) is 4.45. The summed E-state index contributed by atoms with van der Waals surface area (Å²) >= 11 is 0. The molecule has 1 rings (SSSR count). The summed E-state index contributed by atoms with van der Waals surface area (Å²) in [5.74, 6) is 0. The Balaban J connectivity index is 0.000000671. The molecule has 80 valence electrons. The summed E-state index contributed by atoms with van der Waals surface area (Å²) in [5.41, 5.74) is 0. The Morgan fingerprint density at radius 2 is 1.77 bits per heavy atom. The molecule has 4 atom stereocenters. The summed E-state index contributed by atoms with van der Waals surface area (Å²) < 4.78 is 4.71. The molecule has 13 heavy (non-hydrogen) atoms. The summed E-state index contributed by atoms with van der Waals surface area (Å²) in [6, 6.07) is 0. The third-order valence-electron chi connectivity index (χ3n) is 1.73. The molecule has 0 aromatic rings. The van der Waals surface area contributed by atoms with Gasteiger partial charge >= 0.3 is 0 Å². The van der Waals surface area contributed by atoms with Gasteiger partial charge in [0, 0.05) is 6.42 Å². The maximum Gasteiger partial charge on any atom is 0.183 e. The fourth-order valence-corrected chi connectivity index (χ4v) is 1.05. The van der Waals surface area contributed by atoms with E-state index in [0.29, 0.717) is 0 Å². The van der Waals surface area contributed by atoms with Crippen LogP contribution in [-0.2, 0) is 4.74 Å². The predicted molar refractivity (Wildman–Crippen MR) is 45.9 cm³/mol. The molecule has 0 saturated carbocycles. The first-order valence-electron chi connectivity index (χ1n) is 4.45. The molecule has 0 amide bonds. The maximum absolute atomic E-state index is 9.05. The molecule has 5 nitrogen and oxygen atoms in total. The monoisotopic (exact) mass is 194 g/mol. The minimum atomic E-state index is -1.39. The van der Waals surface area contributed by atoms with Crippen LogP contribution in [0.4, 0.5) is 0 Å². The molecular formula is C8H18O5. The Morgan fingerprint density at radius 3 is 2.15 bits per heavy atom. The number of aliphatic hydroxyl groups excluding tert-OH is 4. The van der Waals surface area contributed by atoms with Crippen LogP contribution in [0.5, 0.6) is 0 Å². The van der Waals surface area contributed by atoms with E-state index in [-0.39, 0.29) is 13.0 Å². The molecular weight excluding hydrogens is 176 g/mol. The van der Waals surface area contributed by atoms with Crippen molar-refractivity contribution in [3.63, 3.8) is 0 Å². The van der Waals surface area contributed by atoms with Gasteiger partial charge in [0.2, 0.25) is 0 Å². The van der Waals surface area contributed by atoms with Gasteiger partial charge in [-0.2, -0.15) is 0 Å². The lowest BCUT2D eigenvalue weighted by Gasteiger charge is -2.33. The highest BCUT2D eigenvalue weighted by atomic mass is 16.6. The summed E-state index contributed by atoms with van der Waals surface area (Å²) in [6.45, 7) is 3.74. The predicted octanol–water partition coefficient (Wildman–Crippen LogP) is -1.17. The second kappa shape index (κ2) is 6.28. The van der Waals surface area contributed by atoms with Crippen LogP contribution in [0.3, 0.4) is 0 Å². The fraction of sp³-hybridized carbons (Fsp3) is 1.00. The van der Waals surface area contributed by atoms with E-state index in [2.05, 4.69) is 0 Å². The molecule has 0 aliphatic carbocycles. The molecule has 4 N–H and O–H groups in total. The zero-order valence-electron chi connectivity index (χ0n) is 7.92. The molecule has 1 aliphatic heterocycles. The summed E-state index contributed by atoms with van der Waals surface area (Å²) in [6.07, 6.45) is -4.11. The molecule has 0 radical (unpaired) electrons. The molecule has 5 heteroatoms.